The van der Waals surface area contributed by atoms with Crippen LogP contribution in [-0.4, -0.2) is 23.0 Å². The summed E-state index contributed by atoms with van der Waals surface area (Å²) in [6, 6.07) is 16.8. The van der Waals surface area contributed by atoms with Gasteiger partial charge in [-0.15, -0.1) is 0 Å². The minimum atomic E-state index is -0.211. The van der Waals surface area contributed by atoms with E-state index in [0.29, 0.717) is 46.3 Å². The first-order valence-corrected chi connectivity index (χ1v) is 13.2. The molecule has 0 N–H and O–H groups in total. The summed E-state index contributed by atoms with van der Waals surface area (Å²) in [7, 11) is 1.59. The van der Waals surface area contributed by atoms with E-state index in [2.05, 4.69) is 48.6 Å². The summed E-state index contributed by atoms with van der Waals surface area (Å²) < 4.78 is 14.7. The zero-order chi connectivity index (χ0) is 24.9. The lowest BCUT2D eigenvalue weighted by atomic mass is 10.2. The molecule has 0 atom stereocenters. The molecule has 0 radical (unpaired) electrons. The molecule has 0 aliphatic heterocycles. The minimum Gasteiger partial charge on any atom is -0.493 e. The van der Waals surface area contributed by atoms with Crippen LogP contribution in [0.5, 0.6) is 11.5 Å². The standard InChI is InChI=1S/C26H22BrClIN3O3/c1-3-6-24-31-22-10-9-18(27)13-19(22)26(33)32(24)30-14-16-11-21(29)25(23(12-16)34-2)35-15-17-7-4-5-8-20(17)28/h4-5,7-14H,3,6,15H2,1-2H3. The van der Waals surface area contributed by atoms with Crippen molar-refractivity contribution in [2.75, 3.05) is 7.11 Å². The van der Waals surface area contributed by atoms with Crippen molar-refractivity contribution in [3.05, 3.63) is 95.0 Å². The second-order valence-electron chi connectivity index (χ2n) is 7.72. The second kappa shape index (κ2) is 11.5. The van der Waals surface area contributed by atoms with Gasteiger partial charge in [-0.1, -0.05) is 52.7 Å². The number of nitrogens with zero attached hydrogens (tertiary/aromatic N) is 3. The van der Waals surface area contributed by atoms with Gasteiger partial charge in [0, 0.05) is 21.5 Å². The van der Waals surface area contributed by atoms with Gasteiger partial charge in [0.25, 0.3) is 5.56 Å². The summed E-state index contributed by atoms with van der Waals surface area (Å²) in [4.78, 5) is 17.9. The van der Waals surface area contributed by atoms with E-state index in [1.165, 1.54) is 4.68 Å². The zero-order valence-corrected chi connectivity index (χ0v) is 23.6. The molecule has 1 heterocycles. The van der Waals surface area contributed by atoms with Crippen LogP contribution in [0.2, 0.25) is 5.02 Å². The highest BCUT2D eigenvalue weighted by Gasteiger charge is 2.14. The van der Waals surface area contributed by atoms with Gasteiger partial charge in [-0.05, 0) is 71.0 Å². The van der Waals surface area contributed by atoms with Gasteiger partial charge in [-0.3, -0.25) is 4.79 Å². The molecule has 1 aromatic heterocycles. The summed E-state index contributed by atoms with van der Waals surface area (Å²) in [5.74, 6) is 1.79. The van der Waals surface area contributed by atoms with Gasteiger partial charge in [-0.25, -0.2) is 4.98 Å². The van der Waals surface area contributed by atoms with Crippen LogP contribution in [0.25, 0.3) is 10.9 Å². The molecule has 35 heavy (non-hydrogen) atoms. The number of fused-ring (bicyclic) bond motifs is 1. The Morgan fingerprint density at radius 2 is 2.00 bits per heavy atom. The molecule has 0 fully saturated rings. The topological polar surface area (TPSA) is 65.7 Å². The Labute approximate surface area is 230 Å². The molecule has 180 valence electrons. The molecule has 0 saturated carbocycles. The monoisotopic (exact) mass is 665 g/mol. The van der Waals surface area contributed by atoms with Crippen molar-refractivity contribution >= 4 is 67.2 Å². The number of hydrogen-bond donors (Lipinski definition) is 0. The van der Waals surface area contributed by atoms with Crippen molar-refractivity contribution in [3.63, 3.8) is 0 Å². The molecule has 4 rings (SSSR count). The molecule has 0 saturated heterocycles. The first-order valence-electron chi connectivity index (χ1n) is 10.9. The van der Waals surface area contributed by atoms with Crippen LogP contribution >= 0.6 is 50.1 Å². The third-order valence-electron chi connectivity index (χ3n) is 5.25. The first-order chi connectivity index (χ1) is 16.9. The van der Waals surface area contributed by atoms with Gasteiger partial charge >= 0.3 is 0 Å². The summed E-state index contributed by atoms with van der Waals surface area (Å²) in [6.07, 6.45) is 3.11. The van der Waals surface area contributed by atoms with E-state index >= 15 is 0 Å². The van der Waals surface area contributed by atoms with E-state index in [4.69, 9.17) is 21.1 Å². The van der Waals surface area contributed by atoms with Crippen LogP contribution in [0.3, 0.4) is 0 Å². The lowest BCUT2D eigenvalue weighted by Crippen LogP contribution is -2.22. The van der Waals surface area contributed by atoms with E-state index in [-0.39, 0.29) is 5.56 Å². The third-order valence-corrected chi connectivity index (χ3v) is 6.92. The highest BCUT2D eigenvalue weighted by molar-refractivity contribution is 14.1. The van der Waals surface area contributed by atoms with Crippen molar-refractivity contribution in [3.8, 4) is 11.5 Å². The highest BCUT2D eigenvalue weighted by atomic mass is 127. The average molecular weight is 667 g/mol. The average Bonchev–Trinajstić information content (AvgIpc) is 2.84. The van der Waals surface area contributed by atoms with Crippen LogP contribution < -0.4 is 15.0 Å². The maximum atomic E-state index is 13.2. The summed E-state index contributed by atoms with van der Waals surface area (Å²) in [6.45, 7) is 2.36. The molecule has 0 unspecified atom stereocenters. The molecule has 0 amide bonds. The Balaban J connectivity index is 1.68. The van der Waals surface area contributed by atoms with Gasteiger partial charge in [0.15, 0.2) is 11.5 Å². The van der Waals surface area contributed by atoms with Crippen LogP contribution in [0.15, 0.2) is 69.0 Å². The van der Waals surface area contributed by atoms with Crippen LogP contribution in [0.1, 0.15) is 30.3 Å². The van der Waals surface area contributed by atoms with Gasteiger partial charge in [-0.2, -0.15) is 9.78 Å². The lowest BCUT2D eigenvalue weighted by molar-refractivity contribution is 0.282. The van der Waals surface area contributed by atoms with Crippen molar-refractivity contribution in [1.82, 2.24) is 9.66 Å². The predicted molar refractivity (Wildman–Crippen MR) is 152 cm³/mol. The number of aryl methyl sites for hydroxylation is 1. The van der Waals surface area contributed by atoms with Gasteiger partial charge in [0.2, 0.25) is 0 Å². The number of ether oxygens (including phenoxy) is 2. The predicted octanol–water partition coefficient (Wildman–Crippen LogP) is 6.84. The number of halogens is 3. The molecule has 9 heteroatoms. The SMILES string of the molecule is CCCc1nc2ccc(Br)cc2c(=O)n1N=Cc1cc(I)c(OCc2ccccc2Cl)c(OC)c1. The van der Waals surface area contributed by atoms with Crippen LogP contribution in [0.4, 0.5) is 0 Å². The van der Waals surface area contributed by atoms with Crippen molar-refractivity contribution in [1.29, 1.82) is 0 Å². The summed E-state index contributed by atoms with van der Waals surface area (Å²) >= 11 is 11.9. The zero-order valence-electron chi connectivity index (χ0n) is 19.1. The quantitative estimate of drug-likeness (QED) is 0.153. The molecule has 6 nitrogen and oxygen atoms in total. The number of hydrogen-bond acceptors (Lipinski definition) is 5. The van der Waals surface area contributed by atoms with E-state index in [1.807, 2.05) is 55.5 Å². The number of rotatable bonds is 8. The molecular weight excluding hydrogens is 645 g/mol. The lowest BCUT2D eigenvalue weighted by Gasteiger charge is -2.14. The Morgan fingerprint density at radius 3 is 2.74 bits per heavy atom. The number of benzene rings is 3. The van der Waals surface area contributed by atoms with Gasteiger partial charge in [0.1, 0.15) is 12.4 Å². The molecule has 4 aromatic rings. The van der Waals surface area contributed by atoms with Crippen LogP contribution in [-0.2, 0) is 13.0 Å². The van der Waals surface area contributed by atoms with Gasteiger partial charge < -0.3 is 9.47 Å². The van der Waals surface area contributed by atoms with E-state index in [9.17, 15) is 4.79 Å². The minimum absolute atomic E-state index is 0.211. The Bertz CT molecular complexity index is 1470. The van der Waals surface area contributed by atoms with E-state index in [0.717, 1.165) is 25.6 Å². The van der Waals surface area contributed by atoms with Crippen molar-refractivity contribution < 1.29 is 9.47 Å². The van der Waals surface area contributed by atoms with E-state index < -0.39 is 0 Å². The molecular formula is C26H22BrClIN3O3. The Hall–Kier alpha value is -2.43. The normalized spacial score (nSPS) is 11.3. The highest BCUT2D eigenvalue weighted by Crippen LogP contribution is 2.34. The Kier molecular flexibility index (Phi) is 8.46. The maximum absolute atomic E-state index is 13.2. The molecule has 0 spiro atoms. The smallest absolute Gasteiger partial charge is 0.282 e. The van der Waals surface area contributed by atoms with Crippen molar-refractivity contribution in [2.45, 2.75) is 26.4 Å². The number of aromatic nitrogens is 2. The molecule has 0 aliphatic rings. The first kappa shape index (κ1) is 25.7. The fourth-order valence-corrected chi connectivity index (χ4v) is 4.88. The van der Waals surface area contributed by atoms with Gasteiger partial charge in [0.05, 0.1) is 27.8 Å². The summed E-state index contributed by atoms with van der Waals surface area (Å²) in [5.41, 5.74) is 2.10. The largest absolute Gasteiger partial charge is 0.493 e. The Morgan fingerprint density at radius 1 is 1.20 bits per heavy atom. The summed E-state index contributed by atoms with van der Waals surface area (Å²) in [5, 5.41) is 5.66. The molecule has 0 aliphatic carbocycles. The molecule has 3 aromatic carbocycles. The second-order valence-corrected chi connectivity index (χ2v) is 10.2. The maximum Gasteiger partial charge on any atom is 0.282 e. The van der Waals surface area contributed by atoms with Crippen molar-refractivity contribution in [2.24, 2.45) is 5.10 Å². The fraction of sp³-hybridized carbons (Fsp3) is 0.192. The fourth-order valence-electron chi connectivity index (χ4n) is 3.54. The van der Waals surface area contributed by atoms with E-state index in [1.54, 1.807) is 19.4 Å². The third kappa shape index (κ3) is 5.87. The molecule has 0 bridgehead atoms. The van der Waals surface area contributed by atoms with Crippen LogP contribution in [0, 0.1) is 3.57 Å². The number of methoxy groups -OCH3 is 1.